The van der Waals surface area contributed by atoms with Crippen molar-refractivity contribution in [3.05, 3.63) is 51.6 Å². The standard InChI is InChI=1S/C17H17N5OS/c18-7-13-2-1-4-19-17(13)21-8-12(9-21)10-22-16(23)6-14-11-24-5-3-15(14)20-22/h1-2,4,6,12H,3,5,8-11H2. The Bertz CT molecular complexity index is 866. The number of fused-ring (bicyclic) bond motifs is 1. The topological polar surface area (TPSA) is 74.8 Å². The monoisotopic (exact) mass is 339 g/mol. The normalized spacial score (nSPS) is 17.0. The van der Waals surface area contributed by atoms with Crippen molar-refractivity contribution in [2.24, 2.45) is 5.92 Å². The van der Waals surface area contributed by atoms with Gasteiger partial charge in [-0.05, 0) is 23.4 Å². The molecule has 4 heterocycles. The van der Waals surface area contributed by atoms with Crippen LogP contribution in [-0.4, -0.2) is 33.6 Å². The first-order valence-corrected chi connectivity index (χ1v) is 9.18. The highest BCUT2D eigenvalue weighted by molar-refractivity contribution is 7.98. The molecular formula is C17H17N5OS. The van der Waals surface area contributed by atoms with Crippen molar-refractivity contribution in [1.29, 1.82) is 5.26 Å². The number of aromatic nitrogens is 3. The van der Waals surface area contributed by atoms with Gasteiger partial charge in [0.25, 0.3) is 5.56 Å². The van der Waals surface area contributed by atoms with Crippen LogP contribution < -0.4 is 10.5 Å². The van der Waals surface area contributed by atoms with Crippen LogP contribution in [0.25, 0.3) is 0 Å². The first-order valence-electron chi connectivity index (χ1n) is 8.02. The van der Waals surface area contributed by atoms with Crippen LogP contribution in [0.15, 0.2) is 29.2 Å². The van der Waals surface area contributed by atoms with E-state index < -0.39 is 0 Å². The minimum atomic E-state index is -0.00903. The summed E-state index contributed by atoms with van der Waals surface area (Å²) in [5.41, 5.74) is 2.75. The quantitative estimate of drug-likeness (QED) is 0.842. The third kappa shape index (κ3) is 2.78. The summed E-state index contributed by atoms with van der Waals surface area (Å²) in [5.74, 6) is 3.07. The molecular weight excluding hydrogens is 322 g/mol. The van der Waals surface area contributed by atoms with E-state index in [9.17, 15) is 4.79 Å². The van der Waals surface area contributed by atoms with Crippen molar-refractivity contribution in [1.82, 2.24) is 14.8 Å². The van der Waals surface area contributed by atoms with Gasteiger partial charge in [-0.25, -0.2) is 9.67 Å². The number of pyridine rings is 1. The van der Waals surface area contributed by atoms with Gasteiger partial charge in [0.2, 0.25) is 0 Å². The molecule has 4 rings (SSSR count). The lowest BCUT2D eigenvalue weighted by atomic mass is 9.99. The fourth-order valence-electron chi connectivity index (χ4n) is 3.22. The van der Waals surface area contributed by atoms with Crippen LogP contribution in [0.5, 0.6) is 0 Å². The molecule has 0 aliphatic carbocycles. The Morgan fingerprint density at radius 2 is 2.29 bits per heavy atom. The molecule has 0 radical (unpaired) electrons. The number of rotatable bonds is 3. The zero-order chi connectivity index (χ0) is 16.5. The number of thioether (sulfide) groups is 1. The number of hydrogen-bond acceptors (Lipinski definition) is 6. The van der Waals surface area contributed by atoms with Crippen LogP contribution in [0.3, 0.4) is 0 Å². The zero-order valence-electron chi connectivity index (χ0n) is 13.2. The molecule has 0 atom stereocenters. The summed E-state index contributed by atoms with van der Waals surface area (Å²) in [4.78, 5) is 18.6. The van der Waals surface area contributed by atoms with E-state index in [2.05, 4.69) is 21.1 Å². The van der Waals surface area contributed by atoms with Gasteiger partial charge in [-0.2, -0.15) is 22.1 Å². The van der Waals surface area contributed by atoms with Crippen LogP contribution in [0, 0.1) is 17.2 Å². The minimum absolute atomic E-state index is 0.00903. The molecule has 0 bridgehead atoms. The third-order valence-electron chi connectivity index (χ3n) is 4.50. The molecule has 0 N–H and O–H groups in total. The van der Waals surface area contributed by atoms with Crippen LogP contribution >= 0.6 is 11.8 Å². The highest BCUT2D eigenvalue weighted by Crippen LogP contribution is 2.26. The summed E-state index contributed by atoms with van der Waals surface area (Å²) in [6.07, 6.45) is 2.65. The molecule has 2 aromatic rings. The molecule has 2 aliphatic heterocycles. The van der Waals surface area contributed by atoms with E-state index in [1.165, 1.54) is 0 Å². The lowest BCUT2D eigenvalue weighted by Gasteiger charge is -2.40. The molecule has 0 amide bonds. The van der Waals surface area contributed by atoms with Crippen molar-refractivity contribution in [3.8, 4) is 6.07 Å². The first kappa shape index (κ1) is 15.2. The molecule has 122 valence electrons. The molecule has 1 saturated heterocycles. The van der Waals surface area contributed by atoms with Crippen LogP contribution in [0.2, 0.25) is 0 Å². The molecule has 0 spiro atoms. The molecule has 0 aromatic carbocycles. The molecule has 2 aliphatic rings. The van der Waals surface area contributed by atoms with Gasteiger partial charge < -0.3 is 4.90 Å². The number of anilines is 1. The fraction of sp³-hybridized carbons (Fsp3) is 0.412. The van der Waals surface area contributed by atoms with Gasteiger partial charge in [-0.3, -0.25) is 4.79 Å². The number of hydrogen-bond donors (Lipinski definition) is 0. The molecule has 0 saturated carbocycles. The van der Waals surface area contributed by atoms with Crippen molar-refractivity contribution < 1.29 is 0 Å². The van der Waals surface area contributed by atoms with Crippen LogP contribution in [0.1, 0.15) is 16.8 Å². The van der Waals surface area contributed by atoms with E-state index in [4.69, 9.17) is 5.26 Å². The van der Waals surface area contributed by atoms with E-state index in [0.717, 1.165) is 48.1 Å². The van der Waals surface area contributed by atoms with Gasteiger partial charge in [0, 0.05) is 43.4 Å². The second kappa shape index (κ2) is 6.29. The number of aryl methyl sites for hydroxylation is 1. The molecule has 6 nitrogen and oxygen atoms in total. The van der Waals surface area contributed by atoms with E-state index >= 15 is 0 Å². The second-order valence-electron chi connectivity index (χ2n) is 6.20. The Balaban J connectivity index is 1.45. The van der Waals surface area contributed by atoms with Gasteiger partial charge in [0.1, 0.15) is 11.9 Å². The van der Waals surface area contributed by atoms with Gasteiger partial charge in [-0.1, -0.05) is 0 Å². The average Bonchev–Trinajstić information content (AvgIpc) is 2.58. The summed E-state index contributed by atoms with van der Waals surface area (Å²) in [5, 5.41) is 13.7. The van der Waals surface area contributed by atoms with Gasteiger partial charge in [0.05, 0.1) is 17.8 Å². The Hall–Kier alpha value is -2.33. The second-order valence-corrected chi connectivity index (χ2v) is 7.30. The van der Waals surface area contributed by atoms with Crippen molar-refractivity contribution in [3.63, 3.8) is 0 Å². The lowest BCUT2D eigenvalue weighted by molar-refractivity contribution is 0.331. The summed E-state index contributed by atoms with van der Waals surface area (Å²) >= 11 is 1.85. The summed E-state index contributed by atoms with van der Waals surface area (Å²) in [6.45, 7) is 2.23. The predicted octanol–water partition coefficient (Wildman–Crippen LogP) is 1.44. The highest BCUT2D eigenvalue weighted by Gasteiger charge is 2.30. The summed E-state index contributed by atoms with van der Waals surface area (Å²) in [7, 11) is 0. The Kier molecular flexibility index (Phi) is 3.98. The van der Waals surface area contributed by atoms with Crippen molar-refractivity contribution in [2.75, 3.05) is 23.7 Å². The molecule has 2 aromatic heterocycles. The van der Waals surface area contributed by atoms with E-state index in [0.29, 0.717) is 18.0 Å². The smallest absolute Gasteiger partial charge is 0.267 e. The van der Waals surface area contributed by atoms with Gasteiger partial charge in [0.15, 0.2) is 0 Å². The zero-order valence-corrected chi connectivity index (χ0v) is 14.0. The largest absolute Gasteiger partial charge is 0.355 e. The van der Waals surface area contributed by atoms with E-state index in [1.54, 1.807) is 29.1 Å². The first-order chi connectivity index (χ1) is 11.7. The maximum absolute atomic E-state index is 12.2. The SMILES string of the molecule is N#Cc1cccnc1N1CC(Cn2nc3c(cc2=O)CSCC3)C1. The van der Waals surface area contributed by atoms with Gasteiger partial charge in [-0.15, -0.1) is 0 Å². The fourth-order valence-corrected chi connectivity index (χ4v) is 4.17. The molecule has 24 heavy (non-hydrogen) atoms. The molecule has 0 unspecified atom stereocenters. The third-order valence-corrected chi connectivity index (χ3v) is 5.51. The molecule has 7 heteroatoms. The minimum Gasteiger partial charge on any atom is -0.355 e. The van der Waals surface area contributed by atoms with Crippen molar-refractivity contribution in [2.45, 2.75) is 18.7 Å². The van der Waals surface area contributed by atoms with E-state index in [1.807, 2.05) is 11.8 Å². The predicted molar refractivity (Wildman–Crippen MR) is 93.0 cm³/mol. The lowest BCUT2D eigenvalue weighted by Crippen LogP contribution is -2.50. The van der Waals surface area contributed by atoms with Crippen molar-refractivity contribution >= 4 is 17.6 Å². The number of nitrogens with zero attached hydrogens (tertiary/aromatic N) is 5. The average molecular weight is 339 g/mol. The molecule has 1 fully saturated rings. The summed E-state index contributed by atoms with van der Waals surface area (Å²) in [6, 6.07) is 7.48. The maximum Gasteiger partial charge on any atom is 0.267 e. The Morgan fingerprint density at radius 1 is 1.42 bits per heavy atom. The Morgan fingerprint density at radius 3 is 3.12 bits per heavy atom. The van der Waals surface area contributed by atoms with Gasteiger partial charge >= 0.3 is 0 Å². The Labute approximate surface area is 144 Å². The maximum atomic E-state index is 12.2. The summed E-state index contributed by atoms with van der Waals surface area (Å²) < 4.78 is 1.61. The highest BCUT2D eigenvalue weighted by atomic mass is 32.2. The van der Waals surface area contributed by atoms with E-state index in [-0.39, 0.29) is 5.56 Å². The van der Waals surface area contributed by atoms with Crippen LogP contribution in [0.4, 0.5) is 5.82 Å². The number of nitriles is 1. The van der Waals surface area contributed by atoms with Crippen LogP contribution in [-0.2, 0) is 18.7 Å².